The average molecular weight is 294 g/mol. The van der Waals surface area contributed by atoms with E-state index in [1.165, 1.54) is 6.42 Å². The molecule has 2 aliphatic rings. The van der Waals surface area contributed by atoms with E-state index in [4.69, 9.17) is 4.74 Å². The molecule has 0 aromatic heterocycles. The monoisotopic (exact) mass is 294 g/mol. The van der Waals surface area contributed by atoms with E-state index in [0.29, 0.717) is 24.0 Å². The average Bonchev–Trinajstić information content (AvgIpc) is 2.45. The van der Waals surface area contributed by atoms with Crippen LogP contribution in [-0.4, -0.2) is 61.0 Å². The fourth-order valence-electron chi connectivity index (χ4n) is 2.60. The Balaban J connectivity index is 1.63. The molecular formula is C16H26N2O3. The molecule has 5 heteroatoms. The molecule has 1 aliphatic heterocycles. The third-order valence-electron chi connectivity index (χ3n) is 4.53. The molecule has 0 aromatic carbocycles. The van der Waals surface area contributed by atoms with Crippen molar-refractivity contribution in [1.29, 1.82) is 0 Å². The van der Waals surface area contributed by atoms with Crippen molar-refractivity contribution in [2.45, 2.75) is 33.1 Å². The van der Waals surface area contributed by atoms with Crippen molar-refractivity contribution in [2.75, 3.05) is 39.3 Å². The van der Waals surface area contributed by atoms with E-state index in [2.05, 4.69) is 4.90 Å². The molecule has 5 nitrogen and oxygen atoms in total. The Hall–Kier alpha value is -1.36. The van der Waals surface area contributed by atoms with Crippen LogP contribution in [0.4, 0.5) is 0 Å². The first-order chi connectivity index (χ1) is 10.1. The molecule has 118 valence electrons. The van der Waals surface area contributed by atoms with E-state index in [0.717, 1.165) is 45.6 Å². The molecule has 0 atom stereocenters. The smallest absolute Gasteiger partial charge is 0.333 e. The number of carbonyl (C=O) groups excluding carboxylic acids is 2. The Labute approximate surface area is 126 Å². The van der Waals surface area contributed by atoms with Gasteiger partial charge in [0, 0.05) is 44.2 Å². The predicted molar refractivity (Wildman–Crippen MR) is 80.8 cm³/mol. The van der Waals surface area contributed by atoms with E-state index in [9.17, 15) is 9.59 Å². The Morgan fingerprint density at radius 2 is 1.86 bits per heavy atom. The zero-order valence-electron chi connectivity index (χ0n) is 13.1. The predicted octanol–water partition coefficient (Wildman–Crippen LogP) is 1.44. The van der Waals surface area contributed by atoms with Gasteiger partial charge in [0.05, 0.1) is 0 Å². The number of allylic oxidation sites excluding steroid dienone is 1. The summed E-state index contributed by atoms with van der Waals surface area (Å²) in [6, 6.07) is 0. The number of ether oxygens (including phenoxy) is 1. The summed E-state index contributed by atoms with van der Waals surface area (Å²) >= 11 is 0. The zero-order chi connectivity index (χ0) is 15.2. The second-order valence-electron chi connectivity index (χ2n) is 5.90. The molecule has 1 heterocycles. The molecule has 0 aromatic rings. The van der Waals surface area contributed by atoms with E-state index >= 15 is 0 Å². The minimum atomic E-state index is -0.240. The maximum absolute atomic E-state index is 12.1. The van der Waals surface area contributed by atoms with E-state index in [1.807, 2.05) is 11.8 Å². The summed E-state index contributed by atoms with van der Waals surface area (Å²) in [5, 5.41) is 0. The van der Waals surface area contributed by atoms with Gasteiger partial charge in [-0.25, -0.2) is 4.79 Å². The highest BCUT2D eigenvalue weighted by Gasteiger charge is 2.31. The maximum Gasteiger partial charge on any atom is 0.333 e. The highest BCUT2D eigenvalue weighted by Crippen LogP contribution is 2.28. The molecule has 1 saturated heterocycles. The molecule has 2 rings (SSSR count). The topological polar surface area (TPSA) is 49.9 Å². The van der Waals surface area contributed by atoms with Crippen LogP contribution in [0.3, 0.4) is 0 Å². The Morgan fingerprint density at radius 1 is 1.19 bits per heavy atom. The van der Waals surface area contributed by atoms with Crippen LogP contribution in [0.1, 0.15) is 33.1 Å². The van der Waals surface area contributed by atoms with Crippen molar-refractivity contribution in [3.63, 3.8) is 0 Å². The molecule has 21 heavy (non-hydrogen) atoms. The number of nitrogens with zero attached hydrogens (tertiary/aromatic N) is 2. The SMILES string of the molecule is C/C=C(\C)C(=O)OCCN1CCN(C(=O)C2CCC2)CC1. The van der Waals surface area contributed by atoms with Crippen LogP contribution in [-0.2, 0) is 14.3 Å². The van der Waals surface area contributed by atoms with Crippen LogP contribution >= 0.6 is 0 Å². The molecule has 0 bridgehead atoms. The lowest BCUT2D eigenvalue weighted by Crippen LogP contribution is -2.51. The highest BCUT2D eigenvalue weighted by atomic mass is 16.5. The molecular weight excluding hydrogens is 268 g/mol. The highest BCUT2D eigenvalue weighted by molar-refractivity contribution is 5.87. The van der Waals surface area contributed by atoms with Crippen molar-refractivity contribution < 1.29 is 14.3 Å². The van der Waals surface area contributed by atoms with E-state index in [1.54, 1.807) is 13.0 Å². The fraction of sp³-hybridized carbons (Fsp3) is 0.750. The molecule has 0 spiro atoms. The number of hydrogen-bond acceptors (Lipinski definition) is 4. The molecule has 1 amide bonds. The van der Waals surface area contributed by atoms with Crippen molar-refractivity contribution >= 4 is 11.9 Å². The second-order valence-corrected chi connectivity index (χ2v) is 5.90. The van der Waals surface area contributed by atoms with Crippen molar-refractivity contribution in [3.8, 4) is 0 Å². The van der Waals surface area contributed by atoms with E-state index in [-0.39, 0.29) is 5.97 Å². The fourth-order valence-corrected chi connectivity index (χ4v) is 2.60. The van der Waals surface area contributed by atoms with Gasteiger partial charge in [0.2, 0.25) is 5.91 Å². The molecule has 0 unspecified atom stereocenters. The van der Waals surface area contributed by atoms with Crippen molar-refractivity contribution in [2.24, 2.45) is 5.92 Å². The lowest BCUT2D eigenvalue weighted by molar-refractivity contribution is -0.140. The molecule has 0 radical (unpaired) electrons. The van der Waals surface area contributed by atoms with Gasteiger partial charge in [-0.3, -0.25) is 9.69 Å². The summed E-state index contributed by atoms with van der Waals surface area (Å²) in [6.07, 6.45) is 5.10. The van der Waals surface area contributed by atoms with Crippen molar-refractivity contribution in [1.82, 2.24) is 9.80 Å². The number of carbonyl (C=O) groups is 2. The summed E-state index contributed by atoms with van der Waals surface area (Å²) in [5.41, 5.74) is 0.644. The zero-order valence-corrected chi connectivity index (χ0v) is 13.1. The lowest BCUT2D eigenvalue weighted by atomic mass is 9.84. The lowest BCUT2D eigenvalue weighted by Gasteiger charge is -2.38. The third kappa shape index (κ3) is 4.30. The summed E-state index contributed by atoms with van der Waals surface area (Å²) in [7, 11) is 0. The van der Waals surface area contributed by atoms with Crippen LogP contribution in [0.25, 0.3) is 0 Å². The number of rotatable bonds is 5. The van der Waals surface area contributed by atoms with Crippen LogP contribution in [0.5, 0.6) is 0 Å². The van der Waals surface area contributed by atoms with Crippen LogP contribution < -0.4 is 0 Å². The summed E-state index contributed by atoms with van der Waals surface area (Å²) in [4.78, 5) is 27.9. The largest absolute Gasteiger partial charge is 0.461 e. The van der Waals surface area contributed by atoms with E-state index < -0.39 is 0 Å². The maximum atomic E-state index is 12.1. The summed E-state index contributed by atoms with van der Waals surface area (Å²) in [5.74, 6) is 0.397. The summed E-state index contributed by atoms with van der Waals surface area (Å²) in [6.45, 7) is 8.10. The van der Waals surface area contributed by atoms with Crippen LogP contribution in [0.15, 0.2) is 11.6 Å². The van der Waals surface area contributed by atoms with Crippen LogP contribution in [0, 0.1) is 5.92 Å². The summed E-state index contributed by atoms with van der Waals surface area (Å²) < 4.78 is 5.21. The number of amides is 1. The first-order valence-corrected chi connectivity index (χ1v) is 7.93. The van der Waals surface area contributed by atoms with Gasteiger partial charge < -0.3 is 9.64 Å². The first-order valence-electron chi connectivity index (χ1n) is 7.93. The van der Waals surface area contributed by atoms with Crippen LogP contribution in [0.2, 0.25) is 0 Å². The van der Waals surface area contributed by atoms with Gasteiger partial charge in [0.1, 0.15) is 6.61 Å². The second kappa shape index (κ2) is 7.59. The number of hydrogen-bond donors (Lipinski definition) is 0. The molecule has 2 fully saturated rings. The normalized spacial score (nSPS) is 21.0. The van der Waals surface area contributed by atoms with Gasteiger partial charge in [-0.2, -0.15) is 0 Å². The minimum absolute atomic E-state index is 0.240. The minimum Gasteiger partial charge on any atom is -0.461 e. The number of esters is 1. The van der Waals surface area contributed by atoms with Gasteiger partial charge in [-0.05, 0) is 26.7 Å². The standard InChI is InChI=1S/C16H26N2O3/c1-3-13(2)16(20)21-12-11-17-7-9-18(10-8-17)15(19)14-5-4-6-14/h3,14H,4-12H2,1-2H3/b13-3+. The van der Waals surface area contributed by atoms with Gasteiger partial charge in [-0.1, -0.05) is 12.5 Å². The van der Waals surface area contributed by atoms with Gasteiger partial charge >= 0.3 is 5.97 Å². The quantitative estimate of drug-likeness (QED) is 0.569. The molecule has 1 saturated carbocycles. The van der Waals surface area contributed by atoms with Gasteiger partial charge in [0.15, 0.2) is 0 Å². The molecule has 0 N–H and O–H groups in total. The van der Waals surface area contributed by atoms with Gasteiger partial charge in [0.25, 0.3) is 0 Å². The first kappa shape index (κ1) is 16.0. The number of piperazine rings is 1. The Bertz CT molecular complexity index is 408. The third-order valence-corrected chi connectivity index (χ3v) is 4.53. The Morgan fingerprint density at radius 3 is 2.38 bits per heavy atom. The molecule has 1 aliphatic carbocycles. The van der Waals surface area contributed by atoms with Gasteiger partial charge in [-0.15, -0.1) is 0 Å². The Kier molecular flexibility index (Phi) is 5.79. The van der Waals surface area contributed by atoms with Crippen molar-refractivity contribution in [3.05, 3.63) is 11.6 Å².